The van der Waals surface area contributed by atoms with Crippen LogP contribution in [0.25, 0.3) is 0 Å². The Balaban J connectivity index is 2.56. The maximum absolute atomic E-state index is 11.2. The fourth-order valence-electron chi connectivity index (χ4n) is 1.27. The third kappa shape index (κ3) is 2.44. The molecule has 1 rings (SSSR count). The molecule has 0 radical (unpaired) electrons. The van der Waals surface area contributed by atoms with Crippen LogP contribution in [-0.4, -0.2) is 64.6 Å². The zero-order valence-electron chi connectivity index (χ0n) is 8.48. The van der Waals surface area contributed by atoms with Crippen LogP contribution in [0.1, 0.15) is 0 Å². The molecular formula is C7H13N3O6. The van der Waals surface area contributed by atoms with Crippen molar-refractivity contribution in [3.63, 3.8) is 0 Å². The van der Waals surface area contributed by atoms with Gasteiger partial charge in [0.25, 0.3) is 0 Å². The van der Waals surface area contributed by atoms with Crippen molar-refractivity contribution in [3.8, 4) is 0 Å². The minimum Gasteiger partial charge on any atom is -0.394 e. The normalized spacial score (nSPS) is 33.5. The largest absolute Gasteiger partial charge is 0.394 e. The molecule has 1 fully saturated rings. The van der Waals surface area contributed by atoms with E-state index in [0.717, 1.165) is 7.05 Å². The topological polar surface area (TPSA) is 132 Å². The molecule has 4 N–H and O–H groups in total. The molecule has 0 aromatic rings. The highest BCUT2D eigenvalue weighted by molar-refractivity contribution is 5.73. The Morgan fingerprint density at radius 1 is 1.50 bits per heavy atom. The third-order valence-corrected chi connectivity index (χ3v) is 2.22. The van der Waals surface area contributed by atoms with E-state index in [-0.39, 0.29) is 0 Å². The number of carbonyl (C=O) groups is 1. The minimum atomic E-state index is -1.37. The van der Waals surface area contributed by atoms with Gasteiger partial charge in [-0.1, -0.05) is 0 Å². The van der Waals surface area contributed by atoms with E-state index in [0.29, 0.717) is 5.01 Å². The quantitative estimate of drug-likeness (QED) is 0.322. The van der Waals surface area contributed by atoms with Gasteiger partial charge < -0.3 is 25.4 Å². The number of hydrogen-bond donors (Lipinski definition) is 4. The summed E-state index contributed by atoms with van der Waals surface area (Å²) >= 11 is 0. The van der Waals surface area contributed by atoms with E-state index >= 15 is 0 Å². The molecule has 16 heavy (non-hydrogen) atoms. The summed E-state index contributed by atoms with van der Waals surface area (Å²) in [7, 11) is 1.11. The number of urea groups is 1. The van der Waals surface area contributed by atoms with Crippen LogP contribution in [0, 0.1) is 4.91 Å². The summed E-state index contributed by atoms with van der Waals surface area (Å²) in [4.78, 5) is 21.2. The molecular weight excluding hydrogens is 222 g/mol. The van der Waals surface area contributed by atoms with Gasteiger partial charge in [0.05, 0.1) is 11.9 Å². The number of nitroso groups, excluding NO2 is 1. The zero-order valence-corrected chi connectivity index (χ0v) is 8.48. The van der Waals surface area contributed by atoms with E-state index in [9.17, 15) is 19.9 Å². The number of hydrogen-bond acceptors (Lipinski definition) is 7. The molecule has 1 saturated heterocycles. The summed E-state index contributed by atoms with van der Waals surface area (Å²) in [5.74, 6) is 0. The highest BCUT2D eigenvalue weighted by Gasteiger charge is 2.43. The van der Waals surface area contributed by atoms with Gasteiger partial charge in [0.1, 0.15) is 18.3 Å². The van der Waals surface area contributed by atoms with Crippen molar-refractivity contribution in [1.82, 2.24) is 10.3 Å². The van der Waals surface area contributed by atoms with Gasteiger partial charge in [-0.25, -0.2) is 4.79 Å². The summed E-state index contributed by atoms with van der Waals surface area (Å²) in [5, 5.41) is 32.5. The lowest BCUT2D eigenvalue weighted by Crippen LogP contribution is -2.47. The Labute approximate surface area is 90.6 Å². The molecule has 0 saturated carbocycles. The number of amides is 2. The molecule has 1 aliphatic heterocycles. The Hall–Kier alpha value is -1.29. The highest BCUT2D eigenvalue weighted by Crippen LogP contribution is 2.19. The fraction of sp³-hybridized carbons (Fsp3) is 0.857. The minimum absolute atomic E-state index is 0.467. The highest BCUT2D eigenvalue weighted by atomic mass is 16.6. The van der Waals surface area contributed by atoms with Crippen molar-refractivity contribution < 1.29 is 24.9 Å². The summed E-state index contributed by atoms with van der Waals surface area (Å²) in [6.45, 7) is -0.494. The molecule has 0 spiro atoms. The first-order valence-corrected chi connectivity index (χ1v) is 4.51. The Morgan fingerprint density at radius 3 is 2.56 bits per heavy atom. The molecule has 0 aliphatic carbocycles. The van der Waals surface area contributed by atoms with Crippen molar-refractivity contribution in [2.45, 2.75) is 24.5 Å². The molecule has 0 bridgehead atoms. The zero-order chi connectivity index (χ0) is 12.3. The van der Waals surface area contributed by atoms with E-state index in [1.165, 1.54) is 0 Å². The van der Waals surface area contributed by atoms with Crippen molar-refractivity contribution in [3.05, 3.63) is 4.91 Å². The standard InChI is InChI=1S/C7H13N3O6/c1-10(9-15)7(14)8-6-5(13)4(12)3(2-11)16-6/h3-6,11-13H,2H2,1H3,(H,8,14)/t3-,4-,5-,6-/m1/s1. The average molecular weight is 235 g/mol. The van der Waals surface area contributed by atoms with Gasteiger partial charge in [-0.3, -0.25) is 0 Å². The second kappa shape index (κ2) is 5.16. The fourth-order valence-corrected chi connectivity index (χ4v) is 1.27. The van der Waals surface area contributed by atoms with Gasteiger partial charge >= 0.3 is 6.03 Å². The van der Waals surface area contributed by atoms with Crippen molar-refractivity contribution >= 4 is 6.03 Å². The summed E-state index contributed by atoms with van der Waals surface area (Å²) in [6, 6.07) is -0.884. The Kier molecular flexibility index (Phi) is 4.12. The Bertz CT molecular complexity index is 275. The lowest BCUT2D eigenvalue weighted by Gasteiger charge is -2.17. The SMILES string of the molecule is CN(N=O)C(=O)N[C@@H]1O[C@H](CO)[C@@H](O)[C@H]1O. The molecule has 0 aromatic carbocycles. The first-order chi connectivity index (χ1) is 7.51. The predicted molar refractivity (Wildman–Crippen MR) is 49.9 cm³/mol. The van der Waals surface area contributed by atoms with E-state index < -0.39 is 37.2 Å². The number of carbonyl (C=O) groups excluding carboxylic acids is 1. The van der Waals surface area contributed by atoms with Crippen LogP contribution in [0.3, 0.4) is 0 Å². The maximum Gasteiger partial charge on any atom is 0.342 e. The van der Waals surface area contributed by atoms with Crippen LogP contribution >= 0.6 is 0 Å². The van der Waals surface area contributed by atoms with Gasteiger partial charge in [-0.15, -0.1) is 4.91 Å². The van der Waals surface area contributed by atoms with E-state index in [1.54, 1.807) is 0 Å². The third-order valence-electron chi connectivity index (χ3n) is 2.22. The van der Waals surface area contributed by atoms with Crippen LogP contribution < -0.4 is 5.32 Å². The Morgan fingerprint density at radius 2 is 2.12 bits per heavy atom. The molecule has 1 aliphatic rings. The first-order valence-electron chi connectivity index (χ1n) is 4.51. The molecule has 9 heteroatoms. The van der Waals surface area contributed by atoms with Crippen LogP contribution in [0.5, 0.6) is 0 Å². The van der Waals surface area contributed by atoms with Crippen LogP contribution in [0.2, 0.25) is 0 Å². The van der Waals surface area contributed by atoms with Crippen LogP contribution in [0.4, 0.5) is 4.79 Å². The summed E-state index contributed by atoms with van der Waals surface area (Å²) < 4.78 is 4.95. The molecule has 2 amide bonds. The van der Waals surface area contributed by atoms with Crippen LogP contribution in [0.15, 0.2) is 5.29 Å². The van der Waals surface area contributed by atoms with Gasteiger partial charge in [-0.05, 0) is 0 Å². The molecule has 9 nitrogen and oxygen atoms in total. The van der Waals surface area contributed by atoms with E-state index in [2.05, 4.69) is 10.6 Å². The van der Waals surface area contributed by atoms with Crippen molar-refractivity contribution in [2.24, 2.45) is 5.29 Å². The lowest BCUT2D eigenvalue weighted by molar-refractivity contribution is -0.0296. The number of nitrogens with zero attached hydrogens (tertiary/aromatic N) is 2. The van der Waals surface area contributed by atoms with Gasteiger partial charge in [0, 0.05) is 7.05 Å². The molecule has 4 atom stereocenters. The molecule has 0 aromatic heterocycles. The molecule has 92 valence electrons. The lowest BCUT2D eigenvalue weighted by atomic mass is 10.1. The second-order valence-electron chi connectivity index (χ2n) is 3.31. The second-order valence-corrected chi connectivity index (χ2v) is 3.31. The number of rotatable bonds is 3. The summed E-state index contributed by atoms with van der Waals surface area (Å²) in [5.41, 5.74) is 0. The number of aliphatic hydroxyl groups is 3. The first kappa shape index (κ1) is 12.8. The van der Waals surface area contributed by atoms with Crippen molar-refractivity contribution in [1.29, 1.82) is 0 Å². The van der Waals surface area contributed by atoms with Gasteiger partial charge in [-0.2, -0.15) is 5.01 Å². The number of nitrogens with one attached hydrogen (secondary N) is 1. The smallest absolute Gasteiger partial charge is 0.342 e. The number of aliphatic hydroxyl groups excluding tert-OH is 3. The van der Waals surface area contributed by atoms with E-state index in [4.69, 9.17) is 9.84 Å². The summed E-state index contributed by atoms with van der Waals surface area (Å²) in [6.07, 6.45) is -4.84. The average Bonchev–Trinajstić information content (AvgIpc) is 2.55. The molecule has 0 unspecified atom stereocenters. The van der Waals surface area contributed by atoms with Crippen molar-refractivity contribution in [2.75, 3.05) is 13.7 Å². The van der Waals surface area contributed by atoms with Crippen LogP contribution in [-0.2, 0) is 4.74 Å². The monoisotopic (exact) mass is 235 g/mol. The molecule has 1 heterocycles. The van der Waals surface area contributed by atoms with Gasteiger partial charge in [0.2, 0.25) is 0 Å². The van der Waals surface area contributed by atoms with Gasteiger partial charge in [0.15, 0.2) is 6.23 Å². The predicted octanol–water partition coefficient (Wildman–Crippen LogP) is -2.25. The number of ether oxygens (including phenoxy) is 1. The maximum atomic E-state index is 11.2. The van der Waals surface area contributed by atoms with E-state index in [1.807, 2.05) is 0 Å².